The van der Waals surface area contributed by atoms with E-state index in [-0.39, 0.29) is 10.8 Å². The minimum Gasteiger partial charge on any atom is -0.395 e. The van der Waals surface area contributed by atoms with Crippen LogP contribution in [0.25, 0.3) is 0 Å². The van der Waals surface area contributed by atoms with Gasteiger partial charge in [-0.2, -0.15) is 5.26 Å². The van der Waals surface area contributed by atoms with Gasteiger partial charge in [-0.25, -0.2) is 13.1 Å². The van der Waals surface area contributed by atoms with Crippen LogP contribution in [-0.2, 0) is 10.0 Å². The summed E-state index contributed by atoms with van der Waals surface area (Å²) in [5.41, 5.74) is 0. The molecule has 0 aliphatic heterocycles. The Balaban J connectivity index is 2.92. The molecule has 0 saturated carbocycles. The molecule has 0 spiro atoms. The van der Waals surface area contributed by atoms with Crippen LogP contribution in [0, 0.1) is 11.3 Å². The van der Waals surface area contributed by atoms with Gasteiger partial charge in [0.2, 0.25) is 10.0 Å². The topological polar surface area (TPSA) is 90.2 Å². The van der Waals surface area contributed by atoms with Crippen LogP contribution in [0.4, 0.5) is 0 Å². The third-order valence-corrected chi connectivity index (χ3v) is 4.66. The van der Waals surface area contributed by atoms with Crippen LogP contribution < -0.4 is 4.72 Å². The molecule has 1 heterocycles. The molecule has 0 unspecified atom stereocenters. The van der Waals surface area contributed by atoms with E-state index in [9.17, 15) is 8.42 Å². The number of hydrogen-bond donors (Lipinski definition) is 2. The molecule has 1 rings (SSSR count). The Kier molecular flexibility index (Phi) is 3.82. The summed E-state index contributed by atoms with van der Waals surface area (Å²) in [4.78, 5) is 0.340. The molecule has 1 atom stereocenters. The second-order valence-electron chi connectivity index (χ2n) is 2.94. The van der Waals surface area contributed by atoms with E-state index in [4.69, 9.17) is 10.4 Å². The monoisotopic (exact) mass is 246 g/mol. The van der Waals surface area contributed by atoms with Crippen LogP contribution in [-0.4, -0.2) is 26.2 Å². The summed E-state index contributed by atoms with van der Waals surface area (Å²) in [6, 6.07) is 4.14. The van der Waals surface area contributed by atoms with Gasteiger partial charge in [0.15, 0.2) is 0 Å². The van der Waals surface area contributed by atoms with Crippen LogP contribution >= 0.6 is 11.3 Å². The van der Waals surface area contributed by atoms with Crippen LogP contribution in [0.2, 0.25) is 0 Å². The Morgan fingerprint density at radius 2 is 2.33 bits per heavy atom. The predicted octanol–water partition coefficient (Wildman–Crippen LogP) is 0.279. The van der Waals surface area contributed by atoms with Crippen LogP contribution in [0.5, 0.6) is 0 Å². The minimum atomic E-state index is -3.60. The lowest BCUT2D eigenvalue weighted by molar-refractivity contribution is 0.265. The third kappa shape index (κ3) is 3.00. The first-order valence-electron chi connectivity index (χ1n) is 4.12. The second-order valence-corrected chi connectivity index (χ2v) is 5.96. The molecule has 1 aromatic heterocycles. The van der Waals surface area contributed by atoms with Gasteiger partial charge < -0.3 is 5.11 Å². The molecule has 0 bridgehead atoms. The van der Waals surface area contributed by atoms with Crippen molar-refractivity contribution >= 4 is 21.4 Å². The van der Waals surface area contributed by atoms with Crippen LogP contribution in [0.3, 0.4) is 0 Å². The Hall–Kier alpha value is -0.940. The highest BCUT2D eigenvalue weighted by atomic mass is 32.2. The number of nitriles is 1. The molecule has 2 N–H and O–H groups in total. The fourth-order valence-corrected chi connectivity index (χ4v) is 3.24. The number of thiophene rings is 1. The average molecular weight is 246 g/mol. The van der Waals surface area contributed by atoms with Crippen molar-refractivity contribution in [3.05, 3.63) is 17.0 Å². The van der Waals surface area contributed by atoms with E-state index < -0.39 is 16.1 Å². The summed E-state index contributed by atoms with van der Waals surface area (Å²) in [6.07, 6.45) is 0. The van der Waals surface area contributed by atoms with Crippen molar-refractivity contribution in [2.45, 2.75) is 17.2 Å². The number of sulfonamides is 1. The van der Waals surface area contributed by atoms with Crippen molar-refractivity contribution in [1.82, 2.24) is 4.72 Å². The SMILES string of the molecule is C[C@H](CO)NS(=O)(=O)c1ccc(C#N)s1. The Morgan fingerprint density at radius 1 is 1.67 bits per heavy atom. The largest absolute Gasteiger partial charge is 0.395 e. The lowest BCUT2D eigenvalue weighted by atomic mass is 10.4. The zero-order valence-electron chi connectivity index (χ0n) is 7.97. The predicted molar refractivity (Wildman–Crippen MR) is 55.9 cm³/mol. The van der Waals surface area contributed by atoms with Crippen molar-refractivity contribution in [1.29, 1.82) is 5.26 Å². The molecule has 0 amide bonds. The normalized spacial score (nSPS) is 13.4. The maximum Gasteiger partial charge on any atom is 0.250 e. The molecule has 82 valence electrons. The molecule has 0 fully saturated rings. The summed E-state index contributed by atoms with van der Waals surface area (Å²) in [5, 5.41) is 17.3. The minimum absolute atomic E-state index is 0.0827. The van der Waals surface area contributed by atoms with Crippen molar-refractivity contribution in [3.8, 4) is 6.07 Å². The lowest BCUT2D eigenvalue weighted by Crippen LogP contribution is -2.34. The Bertz CT molecular complexity index is 472. The highest BCUT2D eigenvalue weighted by Crippen LogP contribution is 2.20. The van der Waals surface area contributed by atoms with E-state index in [1.165, 1.54) is 12.1 Å². The second kappa shape index (κ2) is 4.72. The number of hydrogen-bond acceptors (Lipinski definition) is 5. The van der Waals surface area contributed by atoms with Gasteiger partial charge in [0.25, 0.3) is 0 Å². The molecule has 0 aromatic carbocycles. The Labute approximate surface area is 92.0 Å². The van der Waals surface area contributed by atoms with Gasteiger partial charge in [-0.15, -0.1) is 11.3 Å². The molecular formula is C8H10N2O3S2. The Morgan fingerprint density at radius 3 is 2.80 bits per heavy atom. The first kappa shape index (κ1) is 12.1. The van der Waals surface area contributed by atoms with Gasteiger partial charge in [0, 0.05) is 6.04 Å². The average Bonchev–Trinajstić information content (AvgIpc) is 2.65. The van der Waals surface area contributed by atoms with E-state index in [1.807, 2.05) is 6.07 Å². The third-order valence-electron chi connectivity index (χ3n) is 1.59. The smallest absolute Gasteiger partial charge is 0.250 e. The summed E-state index contributed by atoms with van der Waals surface area (Å²) in [6.45, 7) is 1.28. The van der Waals surface area contributed by atoms with E-state index in [2.05, 4.69) is 4.72 Å². The fourth-order valence-electron chi connectivity index (χ4n) is 0.885. The molecule has 0 radical (unpaired) electrons. The van der Waals surface area contributed by atoms with Crippen LogP contribution in [0.15, 0.2) is 16.3 Å². The van der Waals surface area contributed by atoms with Gasteiger partial charge >= 0.3 is 0 Å². The zero-order valence-corrected chi connectivity index (χ0v) is 9.60. The van der Waals surface area contributed by atoms with Crippen molar-refractivity contribution in [3.63, 3.8) is 0 Å². The summed E-state index contributed by atoms with van der Waals surface area (Å²) < 4.78 is 25.6. The van der Waals surface area contributed by atoms with E-state index in [1.54, 1.807) is 6.92 Å². The molecule has 0 aliphatic carbocycles. The number of aliphatic hydroxyl groups is 1. The van der Waals surface area contributed by atoms with Crippen molar-refractivity contribution in [2.24, 2.45) is 0 Å². The molecular weight excluding hydrogens is 236 g/mol. The molecule has 15 heavy (non-hydrogen) atoms. The molecule has 0 saturated heterocycles. The number of rotatable bonds is 4. The standard InChI is InChI=1S/C8H10N2O3S2/c1-6(5-11)10-15(12,13)8-3-2-7(4-9)14-8/h2-3,6,10-11H,5H2,1H3/t6-/m1/s1. The van der Waals surface area contributed by atoms with E-state index in [0.29, 0.717) is 4.88 Å². The van der Waals surface area contributed by atoms with Crippen LogP contribution in [0.1, 0.15) is 11.8 Å². The van der Waals surface area contributed by atoms with Gasteiger partial charge in [0.1, 0.15) is 15.2 Å². The van der Waals surface area contributed by atoms with Gasteiger partial charge in [-0.05, 0) is 19.1 Å². The number of nitrogens with zero attached hydrogens (tertiary/aromatic N) is 1. The van der Waals surface area contributed by atoms with E-state index >= 15 is 0 Å². The first-order chi connectivity index (χ1) is 6.99. The van der Waals surface area contributed by atoms with Crippen molar-refractivity contribution < 1.29 is 13.5 Å². The van der Waals surface area contributed by atoms with Gasteiger partial charge in [-0.3, -0.25) is 0 Å². The first-order valence-corrected chi connectivity index (χ1v) is 6.42. The fraction of sp³-hybridized carbons (Fsp3) is 0.375. The van der Waals surface area contributed by atoms with Gasteiger partial charge in [-0.1, -0.05) is 0 Å². The van der Waals surface area contributed by atoms with Gasteiger partial charge in [0.05, 0.1) is 6.61 Å². The quantitative estimate of drug-likeness (QED) is 0.798. The highest BCUT2D eigenvalue weighted by molar-refractivity contribution is 7.91. The summed E-state index contributed by atoms with van der Waals surface area (Å²) in [5.74, 6) is 0. The molecule has 5 nitrogen and oxygen atoms in total. The molecule has 0 aliphatic rings. The molecule has 7 heteroatoms. The maximum atomic E-state index is 11.6. The number of aliphatic hydroxyl groups excluding tert-OH is 1. The highest BCUT2D eigenvalue weighted by Gasteiger charge is 2.18. The molecule has 1 aromatic rings. The van der Waals surface area contributed by atoms with E-state index in [0.717, 1.165) is 11.3 Å². The van der Waals surface area contributed by atoms with Crippen molar-refractivity contribution in [2.75, 3.05) is 6.61 Å². The lowest BCUT2D eigenvalue weighted by Gasteiger charge is -2.09. The summed E-state index contributed by atoms with van der Waals surface area (Å²) in [7, 11) is -3.60. The maximum absolute atomic E-state index is 11.6. The summed E-state index contributed by atoms with van der Waals surface area (Å²) >= 11 is 0.899. The zero-order chi connectivity index (χ0) is 11.5. The number of nitrogens with one attached hydrogen (secondary N) is 1.